The van der Waals surface area contributed by atoms with E-state index in [0.29, 0.717) is 11.7 Å². The largest absolute Gasteiger partial charge is 0.360 e. The number of nitrogens with one attached hydrogen (secondary N) is 1. The molecule has 2 fully saturated rings. The van der Waals surface area contributed by atoms with Crippen molar-refractivity contribution in [3.63, 3.8) is 0 Å². The summed E-state index contributed by atoms with van der Waals surface area (Å²) in [6, 6.07) is 6.08. The van der Waals surface area contributed by atoms with E-state index in [-0.39, 0.29) is 5.92 Å². The molecule has 1 N–H and O–H groups in total. The number of H-pyrrole nitrogens is 1. The zero-order valence-electron chi connectivity index (χ0n) is 10.7. The Morgan fingerprint density at radius 2 is 2.16 bits per heavy atom. The van der Waals surface area contributed by atoms with Gasteiger partial charge < -0.3 is 4.98 Å². The number of carbonyl (C=O) groups excluding carboxylic acids is 1. The van der Waals surface area contributed by atoms with Crippen molar-refractivity contribution in [2.45, 2.75) is 25.7 Å². The number of ketones is 1. The lowest BCUT2D eigenvalue weighted by Gasteiger charge is -2.19. The molecule has 1 aromatic heterocycles. The van der Waals surface area contributed by atoms with E-state index >= 15 is 0 Å². The first-order valence-corrected chi connectivity index (χ1v) is 7.82. The SMILES string of the molecule is O=C(c1c[nH]c2ccc(Br)cc12)C1CC2CCC1C2. The number of benzene rings is 1. The van der Waals surface area contributed by atoms with Crippen LogP contribution in [0.2, 0.25) is 0 Å². The van der Waals surface area contributed by atoms with Crippen LogP contribution in [0.15, 0.2) is 28.9 Å². The number of rotatable bonds is 2. The summed E-state index contributed by atoms with van der Waals surface area (Å²) in [6.45, 7) is 0. The van der Waals surface area contributed by atoms with Crippen LogP contribution < -0.4 is 0 Å². The minimum Gasteiger partial charge on any atom is -0.360 e. The van der Waals surface area contributed by atoms with Gasteiger partial charge in [0.15, 0.2) is 5.78 Å². The summed E-state index contributed by atoms with van der Waals surface area (Å²) < 4.78 is 1.03. The van der Waals surface area contributed by atoms with Gasteiger partial charge in [-0.15, -0.1) is 0 Å². The van der Waals surface area contributed by atoms with Gasteiger partial charge in [-0.1, -0.05) is 22.4 Å². The first kappa shape index (κ1) is 11.7. The fourth-order valence-electron chi connectivity index (χ4n) is 4.06. The Morgan fingerprint density at radius 3 is 2.89 bits per heavy atom. The average molecular weight is 318 g/mol. The van der Waals surface area contributed by atoms with Crippen LogP contribution in [0.5, 0.6) is 0 Å². The molecule has 3 atom stereocenters. The summed E-state index contributed by atoms with van der Waals surface area (Å²) in [7, 11) is 0. The second kappa shape index (κ2) is 4.20. The Bertz CT molecular complexity index is 660. The number of fused-ring (bicyclic) bond motifs is 3. The third-order valence-corrected chi connectivity index (χ3v) is 5.48. The molecule has 2 aliphatic carbocycles. The van der Waals surface area contributed by atoms with Gasteiger partial charge in [0.25, 0.3) is 0 Å². The van der Waals surface area contributed by atoms with Crippen molar-refractivity contribution in [3.8, 4) is 0 Å². The molecule has 2 saturated carbocycles. The molecule has 3 heteroatoms. The van der Waals surface area contributed by atoms with Gasteiger partial charge in [-0.25, -0.2) is 0 Å². The third-order valence-electron chi connectivity index (χ3n) is 4.98. The minimum absolute atomic E-state index is 0.275. The summed E-state index contributed by atoms with van der Waals surface area (Å²) in [5.74, 6) is 2.10. The van der Waals surface area contributed by atoms with Crippen LogP contribution in [0.4, 0.5) is 0 Å². The predicted molar refractivity (Wildman–Crippen MR) is 79.3 cm³/mol. The van der Waals surface area contributed by atoms with E-state index < -0.39 is 0 Å². The van der Waals surface area contributed by atoms with E-state index in [4.69, 9.17) is 0 Å². The van der Waals surface area contributed by atoms with Crippen molar-refractivity contribution >= 4 is 32.6 Å². The van der Waals surface area contributed by atoms with Gasteiger partial charge in [0.05, 0.1) is 0 Å². The highest BCUT2D eigenvalue weighted by Gasteiger charge is 2.43. The number of halogens is 1. The van der Waals surface area contributed by atoms with Gasteiger partial charge in [-0.2, -0.15) is 0 Å². The Kier molecular flexibility index (Phi) is 2.59. The van der Waals surface area contributed by atoms with Crippen molar-refractivity contribution in [2.24, 2.45) is 17.8 Å². The molecule has 0 aliphatic heterocycles. The van der Waals surface area contributed by atoms with Gasteiger partial charge in [0.1, 0.15) is 0 Å². The van der Waals surface area contributed by atoms with E-state index in [1.165, 1.54) is 19.3 Å². The molecule has 0 amide bonds. The Hall–Kier alpha value is -1.09. The summed E-state index contributed by atoms with van der Waals surface area (Å²) in [6.07, 6.45) is 6.89. The molecule has 0 radical (unpaired) electrons. The van der Waals surface area contributed by atoms with Gasteiger partial charge >= 0.3 is 0 Å². The smallest absolute Gasteiger partial charge is 0.168 e. The highest BCUT2D eigenvalue weighted by atomic mass is 79.9. The lowest BCUT2D eigenvalue weighted by Crippen LogP contribution is -2.20. The van der Waals surface area contributed by atoms with E-state index in [1.54, 1.807) is 0 Å². The minimum atomic E-state index is 0.275. The van der Waals surface area contributed by atoms with Crippen LogP contribution in [0, 0.1) is 17.8 Å². The van der Waals surface area contributed by atoms with Gasteiger partial charge in [0, 0.05) is 33.1 Å². The Balaban J connectivity index is 1.74. The molecular weight excluding hydrogens is 302 g/mol. The number of aromatic amines is 1. The molecule has 19 heavy (non-hydrogen) atoms. The molecule has 1 aromatic carbocycles. The topological polar surface area (TPSA) is 32.9 Å². The number of carbonyl (C=O) groups is 1. The Labute approximate surface area is 120 Å². The average Bonchev–Trinajstić information content (AvgIpc) is 3.11. The highest BCUT2D eigenvalue weighted by molar-refractivity contribution is 9.10. The molecule has 2 bridgehead atoms. The van der Waals surface area contributed by atoms with E-state index in [0.717, 1.165) is 33.3 Å². The summed E-state index contributed by atoms with van der Waals surface area (Å²) in [5, 5.41) is 1.06. The zero-order valence-corrected chi connectivity index (χ0v) is 12.2. The van der Waals surface area contributed by atoms with Crippen LogP contribution in [0.1, 0.15) is 36.0 Å². The van der Waals surface area contributed by atoms with Crippen LogP contribution in [0.3, 0.4) is 0 Å². The fourth-order valence-corrected chi connectivity index (χ4v) is 4.42. The summed E-state index contributed by atoms with van der Waals surface area (Å²) in [5.41, 5.74) is 1.93. The number of aromatic nitrogens is 1. The van der Waals surface area contributed by atoms with Crippen molar-refractivity contribution in [3.05, 3.63) is 34.4 Å². The van der Waals surface area contributed by atoms with Crippen molar-refractivity contribution in [1.29, 1.82) is 0 Å². The van der Waals surface area contributed by atoms with E-state index in [1.807, 2.05) is 24.4 Å². The van der Waals surface area contributed by atoms with Crippen molar-refractivity contribution < 1.29 is 4.79 Å². The molecule has 3 unspecified atom stereocenters. The third kappa shape index (κ3) is 1.78. The molecule has 98 valence electrons. The molecule has 4 rings (SSSR count). The maximum atomic E-state index is 12.8. The van der Waals surface area contributed by atoms with E-state index in [9.17, 15) is 4.79 Å². The number of hydrogen-bond acceptors (Lipinski definition) is 1. The molecule has 0 saturated heterocycles. The fraction of sp³-hybridized carbons (Fsp3) is 0.438. The normalized spacial score (nSPS) is 29.2. The lowest BCUT2D eigenvalue weighted by molar-refractivity contribution is 0.0876. The quantitative estimate of drug-likeness (QED) is 0.810. The van der Waals surface area contributed by atoms with Crippen LogP contribution in [0.25, 0.3) is 10.9 Å². The highest BCUT2D eigenvalue weighted by Crippen LogP contribution is 2.49. The second-order valence-corrected chi connectivity index (χ2v) is 6.95. The summed E-state index contributed by atoms with van der Waals surface area (Å²) >= 11 is 3.49. The summed E-state index contributed by atoms with van der Waals surface area (Å²) in [4.78, 5) is 16.0. The van der Waals surface area contributed by atoms with Gasteiger partial charge in [0.2, 0.25) is 0 Å². The standard InChI is InChI=1S/C16H16BrNO/c17-11-3-4-15-13(7-11)14(8-18-15)16(19)12-6-9-1-2-10(12)5-9/h3-4,7-10,12,18H,1-2,5-6H2. The lowest BCUT2D eigenvalue weighted by atomic mass is 9.83. The second-order valence-electron chi connectivity index (χ2n) is 6.04. The number of Topliss-reactive ketones (excluding diaryl/α,β-unsaturated/α-hetero) is 1. The van der Waals surface area contributed by atoms with Crippen molar-refractivity contribution in [1.82, 2.24) is 4.98 Å². The zero-order chi connectivity index (χ0) is 13.0. The monoisotopic (exact) mass is 317 g/mol. The maximum Gasteiger partial charge on any atom is 0.168 e. The molecule has 0 spiro atoms. The molecular formula is C16H16BrNO. The predicted octanol–water partition coefficient (Wildman–Crippen LogP) is 4.55. The molecule has 2 aliphatic rings. The Morgan fingerprint density at radius 1 is 1.26 bits per heavy atom. The first-order chi connectivity index (χ1) is 9.22. The van der Waals surface area contributed by atoms with Crippen molar-refractivity contribution in [2.75, 3.05) is 0 Å². The van der Waals surface area contributed by atoms with Crippen LogP contribution >= 0.6 is 15.9 Å². The molecule has 2 nitrogen and oxygen atoms in total. The molecule has 1 heterocycles. The van der Waals surface area contributed by atoms with Gasteiger partial charge in [-0.3, -0.25) is 4.79 Å². The maximum absolute atomic E-state index is 12.8. The molecule has 2 aromatic rings. The van der Waals surface area contributed by atoms with Crippen LogP contribution in [-0.4, -0.2) is 10.8 Å². The van der Waals surface area contributed by atoms with Crippen LogP contribution in [-0.2, 0) is 0 Å². The van der Waals surface area contributed by atoms with E-state index in [2.05, 4.69) is 20.9 Å². The van der Waals surface area contributed by atoms with Gasteiger partial charge in [-0.05, 0) is 49.3 Å². The first-order valence-electron chi connectivity index (χ1n) is 7.03. The number of hydrogen-bond donors (Lipinski definition) is 1.